The van der Waals surface area contributed by atoms with Gasteiger partial charge in [-0.15, -0.1) is 0 Å². The van der Waals surface area contributed by atoms with E-state index in [4.69, 9.17) is 14.2 Å². The van der Waals surface area contributed by atoms with E-state index in [0.29, 0.717) is 38.5 Å². The van der Waals surface area contributed by atoms with Crippen LogP contribution < -0.4 is 4.74 Å². The topological polar surface area (TPSA) is 60.9 Å². The van der Waals surface area contributed by atoms with Crippen LogP contribution in [0.3, 0.4) is 0 Å². The molecule has 132 valence electrons. The van der Waals surface area contributed by atoms with E-state index in [1.807, 2.05) is 30.3 Å². The summed E-state index contributed by atoms with van der Waals surface area (Å²) in [5, 5.41) is 0. The first-order chi connectivity index (χ1) is 12.2. The number of ether oxygens (including phenoxy) is 3. The Morgan fingerprint density at radius 1 is 1.24 bits per heavy atom. The van der Waals surface area contributed by atoms with Gasteiger partial charge in [-0.05, 0) is 24.3 Å². The smallest absolute Gasteiger partial charge is 0.254 e. The fourth-order valence-corrected chi connectivity index (χ4v) is 2.76. The Labute approximate surface area is 147 Å². The van der Waals surface area contributed by atoms with Crippen LogP contribution in [-0.4, -0.2) is 61.4 Å². The Kier molecular flexibility index (Phi) is 5.63. The maximum absolute atomic E-state index is 12.8. The summed E-state index contributed by atoms with van der Waals surface area (Å²) in [5.74, 6) is 0.698. The maximum Gasteiger partial charge on any atom is 0.254 e. The molecular formula is C19H22N2O4. The summed E-state index contributed by atoms with van der Waals surface area (Å²) >= 11 is 0. The highest BCUT2D eigenvalue weighted by Gasteiger charge is 2.38. The second-order valence-electron chi connectivity index (χ2n) is 6.00. The van der Waals surface area contributed by atoms with Crippen molar-refractivity contribution in [2.75, 3.05) is 40.0 Å². The van der Waals surface area contributed by atoms with Gasteiger partial charge in [0.25, 0.3) is 5.91 Å². The van der Waals surface area contributed by atoms with Crippen LogP contribution in [0.25, 0.3) is 0 Å². The Morgan fingerprint density at radius 2 is 2.00 bits per heavy atom. The van der Waals surface area contributed by atoms with Crippen molar-refractivity contribution in [1.82, 2.24) is 9.88 Å². The molecule has 0 saturated carbocycles. The van der Waals surface area contributed by atoms with Crippen LogP contribution in [0.2, 0.25) is 0 Å². The van der Waals surface area contributed by atoms with Gasteiger partial charge in [-0.25, -0.2) is 0 Å². The van der Waals surface area contributed by atoms with Crippen LogP contribution in [0.15, 0.2) is 54.9 Å². The first-order valence-electron chi connectivity index (χ1n) is 8.22. The lowest BCUT2D eigenvalue weighted by atomic mass is 10.1. The molecule has 2 heterocycles. The van der Waals surface area contributed by atoms with Crippen molar-refractivity contribution in [2.45, 2.75) is 5.60 Å². The Balaban J connectivity index is 1.73. The van der Waals surface area contributed by atoms with Crippen molar-refractivity contribution in [2.24, 2.45) is 0 Å². The van der Waals surface area contributed by atoms with Gasteiger partial charge in [-0.2, -0.15) is 0 Å². The lowest BCUT2D eigenvalue weighted by Crippen LogP contribution is -2.51. The summed E-state index contributed by atoms with van der Waals surface area (Å²) in [7, 11) is 1.62. The van der Waals surface area contributed by atoms with Gasteiger partial charge in [0.2, 0.25) is 0 Å². The van der Waals surface area contributed by atoms with Gasteiger partial charge in [0.1, 0.15) is 18.0 Å². The van der Waals surface area contributed by atoms with E-state index in [1.54, 1.807) is 36.5 Å². The van der Waals surface area contributed by atoms with E-state index in [-0.39, 0.29) is 5.91 Å². The molecule has 0 spiro atoms. The minimum absolute atomic E-state index is 0.0611. The van der Waals surface area contributed by atoms with Crippen LogP contribution in [0, 0.1) is 0 Å². The van der Waals surface area contributed by atoms with E-state index in [2.05, 4.69) is 4.98 Å². The number of para-hydroxylation sites is 1. The summed E-state index contributed by atoms with van der Waals surface area (Å²) in [4.78, 5) is 18.5. The first kappa shape index (κ1) is 17.4. The van der Waals surface area contributed by atoms with Crippen molar-refractivity contribution in [1.29, 1.82) is 0 Å². The van der Waals surface area contributed by atoms with Gasteiger partial charge >= 0.3 is 0 Å². The van der Waals surface area contributed by atoms with Crippen LogP contribution in [0.4, 0.5) is 0 Å². The molecule has 1 aromatic heterocycles. The van der Waals surface area contributed by atoms with Crippen molar-refractivity contribution in [3.05, 3.63) is 60.4 Å². The molecule has 1 aromatic carbocycles. The third-order valence-electron chi connectivity index (χ3n) is 4.24. The molecule has 0 N–H and O–H groups in total. The summed E-state index contributed by atoms with van der Waals surface area (Å²) in [6.45, 7) is 2.05. The largest absolute Gasteiger partial charge is 0.490 e. The summed E-state index contributed by atoms with van der Waals surface area (Å²) < 4.78 is 17.3. The van der Waals surface area contributed by atoms with Crippen molar-refractivity contribution in [3.8, 4) is 5.75 Å². The van der Waals surface area contributed by atoms with Crippen molar-refractivity contribution >= 4 is 5.91 Å². The molecule has 1 fully saturated rings. The van der Waals surface area contributed by atoms with E-state index in [1.165, 1.54) is 0 Å². The number of nitrogens with zero attached hydrogens (tertiary/aromatic N) is 2. The quantitative estimate of drug-likeness (QED) is 0.832. The second-order valence-corrected chi connectivity index (χ2v) is 6.00. The lowest BCUT2D eigenvalue weighted by Gasteiger charge is -2.34. The minimum atomic E-state index is -0.713. The Hall–Kier alpha value is -2.44. The zero-order valence-electron chi connectivity index (χ0n) is 14.3. The Bertz CT molecular complexity index is 680. The van der Waals surface area contributed by atoms with E-state index >= 15 is 0 Å². The molecule has 1 aliphatic rings. The fraction of sp³-hybridized carbons (Fsp3) is 0.368. The third-order valence-corrected chi connectivity index (χ3v) is 4.24. The highest BCUT2D eigenvalue weighted by molar-refractivity contribution is 5.94. The van der Waals surface area contributed by atoms with E-state index in [9.17, 15) is 4.79 Å². The molecule has 2 aromatic rings. The molecule has 1 atom stereocenters. The molecule has 1 amide bonds. The van der Waals surface area contributed by atoms with Crippen molar-refractivity contribution < 1.29 is 19.0 Å². The summed E-state index contributed by atoms with van der Waals surface area (Å²) in [5.41, 5.74) is -0.111. The number of hydrogen-bond acceptors (Lipinski definition) is 5. The normalized spacial score (nSPS) is 20.8. The predicted octanol–water partition coefficient (Wildman–Crippen LogP) is 2.02. The number of methoxy groups -OCH3 is 1. The summed E-state index contributed by atoms with van der Waals surface area (Å²) in [6, 6.07) is 13.0. The number of aromatic nitrogens is 1. The molecule has 1 aliphatic heterocycles. The number of carbonyl (C=O) groups excluding carboxylic acids is 1. The SMILES string of the molecule is COC1(COc2ccccc2)COCCN(C(=O)c2ccncc2)C1. The molecule has 0 radical (unpaired) electrons. The van der Waals surface area contributed by atoms with Crippen LogP contribution >= 0.6 is 0 Å². The zero-order chi connectivity index (χ0) is 17.5. The van der Waals surface area contributed by atoms with Crippen LogP contribution in [0.1, 0.15) is 10.4 Å². The number of carbonyl (C=O) groups is 1. The minimum Gasteiger partial charge on any atom is -0.490 e. The monoisotopic (exact) mass is 342 g/mol. The van der Waals surface area contributed by atoms with Gasteiger partial charge < -0.3 is 19.1 Å². The highest BCUT2D eigenvalue weighted by atomic mass is 16.6. The predicted molar refractivity (Wildman–Crippen MR) is 92.6 cm³/mol. The number of hydrogen-bond donors (Lipinski definition) is 0. The first-order valence-corrected chi connectivity index (χ1v) is 8.22. The van der Waals surface area contributed by atoms with E-state index < -0.39 is 5.60 Å². The molecule has 1 saturated heterocycles. The number of benzene rings is 1. The molecule has 3 rings (SSSR count). The van der Waals surface area contributed by atoms with Crippen LogP contribution in [-0.2, 0) is 9.47 Å². The average Bonchev–Trinajstić information content (AvgIpc) is 2.91. The van der Waals surface area contributed by atoms with E-state index in [0.717, 1.165) is 5.75 Å². The molecule has 0 bridgehead atoms. The highest BCUT2D eigenvalue weighted by Crippen LogP contribution is 2.21. The molecule has 1 unspecified atom stereocenters. The van der Waals surface area contributed by atoms with Gasteiger partial charge in [-0.3, -0.25) is 9.78 Å². The standard InChI is InChI=1S/C19H22N2O4/c1-23-19(15-25-17-5-3-2-4-6-17)13-21(11-12-24-14-19)18(22)16-7-9-20-10-8-16/h2-10H,11-15H2,1H3. The lowest BCUT2D eigenvalue weighted by molar-refractivity contribution is -0.0898. The third kappa shape index (κ3) is 4.35. The van der Waals surface area contributed by atoms with Gasteiger partial charge in [0.15, 0.2) is 0 Å². The van der Waals surface area contributed by atoms with Gasteiger partial charge in [-0.1, -0.05) is 18.2 Å². The molecule has 25 heavy (non-hydrogen) atoms. The fourth-order valence-electron chi connectivity index (χ4n) is 2.76. The number of rotatable bonds is 5. The Morgan fingerprint density at radius 3 is 2.72 bits per heavy atom. The number of amides is 1. The number of pyridine rings is 1. The molecular weight excluding hydrogens is 320 g/mol. The second kappa shape index (κ2) is 8.09. The summed E-state index contributed by atoms with van der Waals surface area (Å²) in [6.07, 6.45) is 3.23. The average molecular weight is 342 g/mol. The zero-order valence-corrected chi connectivity index (χ0v) is 14.3. The molecule has 6 heteroatoms. The molecule has 0 aliphatic carbocycles. The van der Waals surface area contributed by atoms with Crippen LogP contribution in [0.5, 0.6) is 5.75 Å². The maximum atomic E-state index is 12.8. The van der Waals surface area contributed by atoms with Crippen molar-refractivity contribution in [3.63, 3.8) is 0 Å². The molecule has 6 nitrogen and oxygen atoms in total. The van der Waals surface area contributed by atoms with Gasteiger partial charge in [0.05, 0.1) is 19.8 Å². The van der Waals surface area contributed by atoms with Gasteiger partial charge in [0, 0.05) is 31.6 Å².